The molecule has 164 valence electrons. The number of thioether (sulfide) groups is 1. The van der Waals surface area contributed by atoms with Crippen LogP contribution in [-0.4, -0.2) is 33.5 Å². The molecule has 2 amide bonds. The number of rotatable bonds is 7. The fraction of sp³-hybridized carbons (Fsp3) is 0.250. The Morgan fingerprint density at radius 2 is 1.84 bits per heavy atom. The maximum Gasteiger partial charge on any atom is 0.320 e. The molecule has 2 atom stereocenters. The van der Waals surface area contributed by atoms with Gasteiger partial charge in [-0.2, -0.15) is 4.39 Å². The van der Waals surface area contributed by atoms with Gasteiger partial charge in [0.15, 0.2) is 11.6 Å². The predicted octanol–water partition coefficient (Wildman–Crippen LogP) is 3.05. The van der Waals surface area contributed by atoms with Gasteiger partial charge in [0.2, 0.25) is 11.7 Å². The molecule has 2 aromatic rings. The maximum absolute atomic E-state index is 14.6. The molecule has 2 aromatic carbocycles. The lowest BCUT2D eigenvalue weighted by atomic mass is 10.0. The molecule has 0 bridgehead atoms. The third-order valence-electron chi connectivity index (χ3n) is 4.66. The van der Waals surface area contributed by atoms with Gasteiger partial charge in [-0.1, -0.05) is 23.9 Å². The van der Waals surface area contributed by atoms with E-state index in [2.05, 4.69) is 5.32 Å². The largest absolute Gasteiger partial charge is 0.480 e. The lowest BCUT2D eigenvalue weighted by molar-refractivity contribution is -0.138. The highest BCUT2D eigenvalue weighted by Gasteiger charge is 2.31. The minimum Gasteiger partial charge on any atom is -0.480 e. The molecule has 31 heavy (non-hydrogen) atoms. The number of carboxylic acid groups (broad SMARTS) is 1. The average molecular weight is 454 g/mol. The standard InChI is InChI=1S/C20H17F3N2O5S/c1-8-14(21)11(7-12(24)19(27)28)15(22)16(23)17(8)30-10-4-2-9(3-5-10)6-13-18(26)25-20(29)31-13/h2-5,12-13H,6-7,24H2,1H3,(H,27,28)(H,25,26,29). The van der Waals surface area contributed by atoms with Crippen LogP contribution in [0.4, 0.5) is 18.0 Å². The number of aliphatic carboxylic acids is 1. The summed E-state index contributed by atoms with van der Waals surface area (Å²) in [5.41, 5.74) is 4.89. The Morgan fingerprint density at radius 3 is 2.39 bits per heavy atom. The van der Waals surface area contributed by atoms with Crippen LogP contribution in [0.3, 0.4) is 0 Å². The van der Waals surface area contributed by atoms with E-state index in [0.29, 0.717) is 5.56 Å². The first-order chi connectivity index (χ1) is 14.6. The zero-order valence-corrected chi connectivity index (χ0v) is 16.9. The summed E-state index contributed by atoms with van der Waals surface area (Å²) in [6.45, 7) is 1.17. The first-order valence-corrected chi connectivity index (χ1v) is 9.89. The number of carboxylic acids is 1. The van der Waals surface area contributed by atoms with Crippen LogP contribution >= 0.6 is 11.8 Å². The number of imide groups is 1. The van der Waals surface area contributed by atoms with Crippen molar-refractivity contribution in [1.82, 2.24) is 5.32 Å². The Morgan fingerprint density at radius 1 is 1.19 bits per heavy atom. The summed E-state index contributed by atoms with van der Waals surface area (Å²) < 4.78 is 48.8. The van der Waals surface area contributed by atoms with Crippen molar-refractivity contribution in [3.05, 3.63) is 58.4 Å². The molecule has 1 heterocycles. The molecule has 1 saturated heterocycles. The number of carbonyl (C=O) groups is 3. The minimum atomic E-state index is -1.60. The van der Waals surface area contributed by atoms with Crippen molar-refractivity contribution >= 4 is 28.9 Å². The smallest absolute Gasteiger partial charge is 0.320 e. The Labute approximate surface area is 178 Å². The van der Waals surface area contributed by atoms with Crippen molar-refractivity contribution in [1.29, 1.82) is 0 Å². The van der Waals surface area contributed by atoms with E-state index < -0.39 is 57.7 Å². The van der Waals surface area contributed by atoms with Gasteiger partial charge < -0.3 is 15.6 Å². The Balaban J connectivity index is 1.80. The second-order valence-corrected chi connectivity index (χ2v) is 8.03. The molecule has 3 rings (SSSR count). The van der Waals surface area contributed by atoms with E-state index >= 15 is 0 Å². The van der Waals surface area contributed by atoms with Gasteiger partial charge in [0.05, 0.1) is 5.25 Å². The number of nitrogens with two attached hydrogens (primary N) is 1. The number of hydrogen-bond donors (Lipinski definition) is 3. The predicted molar refractivity (Wildman–Crippen MR) is 106 cm³/mol. The van der Waals surface area contributed by atoms with Gasteiger partial charge in [-0.3, -0.25) is 19.7 Å². The van der Waals surface area contributed by atoms with Crippen molar-refractivity contribution in [2.45, 2.75) is 31.1 Å². The van der Waals surface area contributed by atoms with E-state index in [1.54, 1.807) is 12.1 Å². The summed E-state index contributed by atoms with van der Waals surface area (Å²) in [5.74, 6) is -6.63. The molecule has 4 N–H and O–H groups in total. The van der Waals surface area contributed by atoms with Gasteiger partial charge >= 0.3 is 5.97 Å². The van der Waals surface area contributed by atoms with Crippen LogP contribution in [0.25, 0.3) is 0 Å². The maximum atomic E-state index is 14.6. The van der Waals surface area contributed by atoms with E-state index in [9.17, 15) is 27.6 Å². The van der Waals surface area contributed by atoms with Crippen molar-refractivity contribution in [2.24, 2.45) is 5.73 Å². The summed E-state index contributed by atoms with van der Waals surface area (Å²) >= 11 is 0.880. The molecule has 0 radical (unpaired) electrons. The molecule has 0 aromatic heterocycles. The van der Waals surface area contributed by atoms with Crippen molar-refractivity contribution in [3.63, 3.8) is 0 Å². The van der Waals surface area contributed by atoms with Crippen LogP contribution < -0.4 is 15.8 Å². The van der Waals surface area contributed by atoms with Crippen LogP contribution in [0.1, 0.15) is 16.7 Å². The van der Waals surface area contributed by atoms with Crippen LogP contribution in [-0.2, 0) is 22.4 Å². The van der Waals surface area contributed by atoms with Crippen molar-refractivity contribution in [3.8, 4) is 11.5 Å². The number of carbonyl (C=O) groups excluding carboxylic acids is 2. The average Bonchev–Trinajstić information content (AvgIpc) is 3.04. The van der Waals surface area contributed by atoms with Crippen LogP contribution in [0.5, 0.6) is 11.5 Å². The van der Waals surface area contributed by atoms with E-state index in [0.717, 1.165) is 11.8 Å². The van der Waals surface area contributed by atoms with Gasteiger partial charge in [-0.15, -0.1) is 0 Å². The third kappa shape index (κ3) is 4.83. The van der Waals surface area contributed by atoms with E-state index in [-0.39, 0.29) is 23.6 Å². The van der Waals surface area contributed by atoms with Gasteiger partial charge in [-0.25, -0.2) is 8.78 Å². The zero-order chi connectivity index (χ0) is 22.9. The van der Waals surface area contributed by atoms with Crippen LogP contribution in [0, 0.1) is 24.4 Å². The summed E-state index contributed by atoms with van der Waals surface area (Å²) in [4.78, 5) is 33.7. The number of halogens is 3. The summed E-state index contributed by atoms with van der Waals surface area (Å²) in [5, 5.41) is 10.0. The number of nitrogens with one attached hydrogen (secondary N) is 1. The van der Waals surface area contributed by atoms with Crippen LogP contribution in [0.15, 0.2) is 24.3 Å². The number of amides is 2. The normalized spacial score (nSPS) is 16.9. The van der Waals surface area contributed by atoms with E-state index in [1.807, 2.05) is 0 Å². The fourth-order valence-corrected chi connectivity index (χ4v) is 3.84. The van der Waals surface area contributed by atoms with E-state index in [4.69, 9.17) is 15.6 Å². The van der Waals surface area contributed by atoms with Gasteiger partial charge in [0.1, 0.15) is 17.6 Å². The molecule has 1 aliphatic heterocycles. The first-order valence-electron chi connectivity index (χ1n) is 9.01. The summed E-state index contributed by atoms with van der Waals surface area (Å²) in [6.07, 6.45) is -0.452. The summed E-state index contributed by atoms with van der Waals surface area (Å²) in [6, 6.07) is 4.41. The van der Waals surface area contributed by atoms with Gasteiger partial charge in [0.25, 0.3) is 5.24 Å². The molecule has 11 heteroatoms. The zero-order valence-electron chi connectivity index (χ0n) is 16.1. The Kier molecular flexibility index (Phi) is 6.56. The molecular weight excluding hydrogens is 437 g/mol. The first kappa shape index (κ1) is 22.6. The molecule has 1 fully saturated rings. The van der Waals surface area contributed by atoms with Gasteiger partial charge in [-0.05, 0) is 31.0 Å². The molecule has 2 unspecified atom stereocenters. The molecule has 7 nitrogen and oxygen atoms in total. The number of ether oxygens (including phenoxy) is 1. The quantitative estimate of drug-likeness (QED) is 0.550. The topological polar surface area (TPSA) is 119 Å². The lowest BCUT2D eigenvalue weighted by Crippen LogP contribution is -2.33. The SMILES string of the molecule is Cc1c(F)c(CC(N)C(=O)O)c(F)c(F)c1Oc1ccc(CC2SC(=O)NC2=O)cc1. The molecule has 0 saturated carbocycles. The number of benzene rings is 2. The van der Waals surface area contributed by atoms with Crippen molar-refractivity contribution < 1.29 is 37.4 Å². The molecule has 0 aliphatic carbocycles. The van der Waals surface area contributed by atoms with Crippen LogP contribution in [0.2, 0.25) is 0 Å². The minimum absolute atomic E-state index is 0.0825. The fourth-order valence-electron chi connectivity index (χ4n) is 2.98. The second kappa shape index (κ2) is 8.98. The molecular formula is C20H17F3N2O5S. The highest BCUT2D eigenvalue weighted by atomic mass is 32.2. The molecule has 1 aliphatic rings. The lowest BCUT2D eigenvalue weighted by Gasteiger charge is -2.16. The summed E-state index contributed by atoms with van der Waals surface area (Å²) in [7, 11) is 0. The Bertz CT molecular complexity index is 1030. The Hall–Kier alpha value is -3.05. The monoisotopic (exact) mass is 454 g/mol. The third-order valence-corrected chi connectivity index (χ3v) is 5.65. The van der Waals surface area contributed by atoms with Gasteiger partial charge in [0, 0.05) is 17.5 Å². The highest BCUT2D eigenvalue weighted by Crippen LogP contribution is 2.35. The van der Waals surface area contributed by atoms with E-state index in [1.165, 1.54) is 19.1 Å². The second-order valence-electron chi connectivity index (χ2n) is 6.86. The highest BCUT2D eigenvalue weighted by molar-refractivity contribution is 8.15. The number of hydrogen-bond acceptors (Lipinski definition) is 6. The van der Waals surface area contributed by atoms with Crippen molar-refractivity contribution in [2.75, 3.05) is 0 Å². The molecule has 0 spiro atoms.